The standard InChI is InChI=1S/C15H15ClN2O4S/c1-2-23(20,21)18(16)12-7-5-10(6-8-12)14(19)13-9-17-22-15(13)11-3-4-11/h5-9,11H,2-4H2,1H3. The molecular weight excluding hydrogens is 340 g/mol. The van der Waals surface area contributed by atoms with Gasteiger partial charge >= 0.3 is 0 Å². The number of halogens is 1. The SMILES string of the molecule is CCS(=O)(=O)N(Cl)c1ccc(C(=O)c2cnoc2C2CC2)cc1. The second-order valence-corrected chi connectivity index (χ2v) is 8.01. The Kier molecular flexibility index (Phi) is 4.16. The zero-order chi connectivity index (χ0) is 16.6. The maximum absolute atomic E-state index is 12.5. The lowest BCUT2D eigenvalue weighted by Crippen LogP contribution is -2.22. The van der Waals surface area contributed by atoms with Crippen molar-refractivity contribution in [2.24, 2.45) is 0 Å². The predicted octanol–water partition coefficient (Wildman–Crippen LogP) is 3.09. The molecule has 6 nitrogen and oxygen atoms in total. The van der Waals surface area contributed by atoms with Crippen LogP contribution >= 0.6 is 11.8 Å². The minimum absolute atomic E-state index is 0.109. The van der Waals surface area contributed by atoms with Gasteiger partial charge in [-0.05, 0) is 44.0 Å². The summed E-state index contributed by atoms with van der Waals surface area (Å²) in [4.78, 5) is 12.5. The lowest BCUT2D eigenvalue weighted by molar-refractivity contribution is 0.103. The number of rotatable bonds is 6. The van der Waals surface area contributed by atoms with Crippen molar-refractivity contribution in [3.05, 3.63) is 47.3 Å². The number of ketones is 1. The molecule has 122 valence electrons. The van der Waals surface area contributed by atoms with Gasteiger partial charge in [0.05, 0.1) is 23.2 Å². The second-order valence-electron chi connectivity index (χ2n) is 5.37. The van der Waals surface area contributed by atoms with E-state index in [1.165, 1.54) is 25.3 Å². The lowest BCUT2D eigenvalue weighted by atomic mass is 10.0. The molecular formula is C15H15ClN2O4S. The van der Waals surface area contributed by atoms with Crippen LogP contribution in [0.25, 0.3) is 0 Å². The molecule has 0 amide bonds. The van der Waals surface area contributed by atoms with Crippen molar-refractivity contribution in [3.8, 4) is 0 Å². The van der Waals surface area contributed by atoms with Gasteiger partial charge < -0.3 is 4.52 Å². The molecule has 2 aromatic rings. The van der Waals surface area contributed by atoms with Crippen molar-refractivity contribution < 1.29 is 17.7 Å². The number of hydrogen-bond acceptors (Lipinski definition) is 5. The van der Waals surface area contributed by atoms with Gasteiger partial charge in [-0.25, -0.2) is 8.42 Å². The zero-order valence-electron chi connectivity index (χ0n) is 12.4. The number of sulfonamides is 1. The molecule has 0 N–H and O–H groups in total. The molecule has 1 saturated carbocycles. The van der Waals surface area contributed by atoms with E-state index in [4.69, 9.17) is 16.3 Å². The Morgan fingerprint density at radius 3 is 2.57 bits per heavy atom. The average molecular weight is 355 g/mol. The number of benzene rings is 1. The Bertz CT molecular complexity index is 825. The first-order valence-corrected chi connectivity index (χ1v) is 9.17. The number of carbonyl (C=O) groups is 1. The molecule has 1 aliphatic carbocycles. The van der Waals surface area contributed by atoms with E-state index >= 15 is 0 Å². The summed E-state index contributed by atoms with van der Waals surface area (Å²) in [6.45, 7) is 1.51. The number of nitrogens with zero attached hydrogens (tertiary/aromatic N) is 2. The highest BCUT2D eigenvalue weighted by atomic mass is 35.5. The number of anilines is 1. The average Bonchev–Trinajstić information content (AvgIpc) is 3.30. The molecule has 3 rings (SSSR count). The van der Waals surface area contributed by atoms with E-state index in [-0.39, 0.29) is 23.1 Å². The minimum atomic E-state index is -3.55. The summed E-state index contributed by atoms with van der Waals surface area (Å²) in [6.07, 6.45) is 3.44. The van der Waals surface area contributed by atoms with Crippen LogP contribution in [0.2, 0.25) is 0 Å². The predicted molar refractivity (Wildman–Crippen MR) is 86.1 cm³/mol. The molecule has 1 aromatic carbocycles. The Morgan fingerprint density at radius 2 is 2.00 bits per heavy atom. The second kappa shape index (κ2) is 5.98. The molecule has 0 atom stereocenters. The highest BCUT2D eigenvalue weighted by Gasteiger charge is 2.32. The molecule has 1 fully saturated rings. The van der Waals surface area contributed by atoms with E-state index in [2.05, 4.69) is 5.16 Å². The highest BCUT2D eigenvalue weighted by Crippen LogP contribution is 2.42. The molecule has 1 heterocycles. The fraction of sp³-hybridized carbons (Fsp3) is 0.333. The minimum Gasteiger partial charge on any atom is -0.360 e. The maximum Gasteiger partial charge on any atom is 0.248 e. The number of carbonyl (C=O) groups excluding carboxylic acids is 1. The third-order valence-electron chi connectivity index (χ3n) is 3.73. The van der Waals surface area contributed by atoms with Crippen LogP contribution in [0.15, 0.2) is 35.0 Å². The quantitative estimate of drug-likeness (QED) is 0.588. The normalized spacial score (nSPS) is 14.7. The van der Waals surface area contributed by atoms with Crippen molar-refractivity contribution in [1.29, 1.82) is 0 Å². The largest absolute Gasteiger partial charge is 0.360 e. The molecule has 1 aliphatic rings. The van der Waals surface area contributed by atoms with Crippen LogP contribution in [0, 0.1) is 0 Å². The molecule has 0 radical (unpaired) electrons. The van der Waals surface area contributed by atoms with Crippen LogP contribution in [0.4, 0.5) is 5.69 Å². The first-order chi connectivity index (χ1) is 10.9. The molecule has 0 unspecified atom stereocenters. The van der Waals surface area contributed by atoms with Crippen LogP contribution in [0.5, 0.6) is 0 Å². The third kappa shape index (κ3) is 3.11. The Balaban J connectivity index is 1.84. The van der Waals surface area contributed by atoms with Gasteiger partial charge in [-0.3, -0.25) is 4.79 Å². The Morgan fingerprint density at radius 1 is 1.35 bits per heavy atom. The summed E-state index contributed by atoms with van der Waals surface area (Å²) in [5, 5.41) is 3.71. The zero-order valence-corrected chi connectivity index (χ0v) is 14.0. The summed E-state index contributed by atoms with van der Waals surface area (Å²) in [6, 6.07) is 6.08. The van der Waals surface area contributed by atoms with E-state index in [9.17, 15) is 13.2 Å². The van der Waals surface area contributed by atoms with E-state index < -0.39 is 10.0 Å². The summed E-state index contributed by atoms with van der Waals surface area (Å²) in [5.41, 5.74) is 1.18. The van der Waals surface area contributed by atoms with Crippen LogP contribution in [0.1, 0.15) is 47.4 Å². The third-order valence-corrected chi connectivity index (χ3v) is 5.99. The van der Waals surface area contributed by atoms with Gasteiger partial charge in [-0.2, -0.15) is 3.82 Å². The summed E-state index contributed by atoms with van der Waals surface area (Å²) in [7, 11) is -3.55. The summed E-state index contributed by atoms with van der Waals surface area (Å²) >= 11 is 5.84. The Labute approximate surface area is 139 Å². The Hall–Kier alpha value is -1.86. The first-order valence-electron chi connectivity index (χ1n) is 7.22. The number of aromatic nitrogens is 1. The van der Waals surface area contributed by atoms with Crippen molar-refractivity contribution in [2.75, 3.05) is 9.58 Å². The summed E-state index contributed by atoms with van der Waals surface area (Å²) in [5.74, 6) is 0.609. The lowest BCUT2D eigenvalue weighted by Gasteiger charge is -2.14. The van der Waals surface area contributed by atoms with Gasteiger partial charge in [0.1, 0.15) is 0 Å². The van der Waals surface area contributed by atoms with Gasteiger partial charge in [-0.1, -0.05) is 5.16 Å². The fourth-order valence-electron chi connectivity index (χ4n) is 2.22. The van der Waals surface area contributed by atoms with E-state index in [0.717, 1.165) is 12.8 Å². The monoisotopic (exact) mass is 354 g/mol. The maximum atomic E-state index is 12.5. The van der Waals surface area contributed by atoms with Crippen molar-refractivity contribution >= 4 is 33.3 Å². The van der Waals surface area contributed by atoms with E-state index in [1.54, 1.807) is 12.1 Å². The molecule has 0 saturated heterocycles. The molecule has 1 aromatic heterocycles. The van der Waals surface area contributed by atoms with Crippen LogP contribution in [-0.4, -0.2) is 25.1 Å². The van der Waals surface area contributed by atoms with Crippen LogP contribution in [-0.2, 0) is 10.0 Å². The highest BCUT2D eigenvalue weighted by molar-refractivity contribution is 7.94. The van der Waals surface area contributed by atoms with Crippen molar-refractivity contribution in [2.45, 2.75) is 25.7 Å². The van der Waals surface area contributed by atoms with Gasteiger partial charge in [0.25, 0.3) is 0 Å². The fourth-order valence-corrected chi connectivity index (χ4v) is 3.29. The van der Waals surface area contributed by atoms with Crippen molar-refractivity contribution in [3.63, 3.8) is 0 Å². The summed E-state index contributed by atoms with van der Waals surface area (Å²) < 4.78 is 29.3. The number of hydrogen-bond donors (Lipinski definition) is 0. The van der Waals surface area contributed by atoms with Crippen LogP contribution in [0.3, 0.4) is 0 Å². The molecule has 0 spiro atoms. The van der Waals surface area contributed by atoms with Gasteiger partial charge in [-0.15, -0.1) is 0 Å². The topological polar surface area (TPSA) is 80.5 Å². The van der Waals surface area contributed by atoms with Crippen LogP contribution < -0.4 is 3.82 Å². The van der Waals surface area contributed by atoms with Gasteiger partial charge in [0.2, 0.25) is 10.0 Å². The molecule has 0 bridgehead atoms. The smallest absolute Gasteiger partial charge is 0.248 e. The van der Waals surface area contributed by atoms with Gasteiger partial charge in [0, 0.05) is 23.3 Å². The molecule has 8 heteroatoms. The van der Waals surface area contributed by atoms with Gasteiger partial charge in [0.15, 0.2) is 11.5 Å². The first kappa shape index (κ1) is 16.0. The van der Waals surface area contributed by atoms with Crippen molar-refractivity contribution in [1.82, 2.24) is 5.16 Å². The molecule has 0 aliphatic heterocycles. The van der Waals surface area contributed by atoms with E-state index in [1.807, 2.05) is 0 Å². The molecule has 23 heavy (non-hydrogen) atoms. The van der Waals surface area contributed by atoms with E-state index in [0.29, 0.717) is 20.7 Å².